The van der Waals surface area contributed by atoms with Crippen LogP contribution in [0.15, 0.2) is 24.7 Å². The summed E-state index contributed by atoms with van der Waals surface area (Å²) in [5, 5.41) is 11.1. The molecular weight excluding hydrogens is 270 g/mol. The van der Waals surface area contributed by atoms with Crippen LogP contribution in [0.4, 0.5) is 5.69 Å². The lowest BCUT2D eigenvalue weighted by Gasteiger charge is -2.30. The zero-order valence-corrected chi connectivity index (χ0v) is 12.2. The van der Waals surface area contributed by atoms with E-state index in [2.05, 4.69) is 15.5 Å². The molecule has 1 fully saturated rings. The number of aryl methyl sites for hydroxylation is 2. The lowest BCUT2D eigenvalue weighted by molar-refractivity contribution is -0.129. The van der Waals surface area contributed by atoms with E-state index in [4.69, 9.17) is 4.74 Å². The molecule has 2 aromatic heterocycles. The zero-order valence-electron chi connectivity index (χ0n) is 12.2. The third kappa shape index (κ3) is 2.82. The van der Waals surface area contributed by atoms with E-state index >= 15 is 0 Å². The average molecular weight is 289 g/mol. The van der Waals surface area contributed by atoms with Gasteiger partial charge in [0.1, 0.15) is 6.10 Å². The van der Waals surface area contributed by atoms with Crippen LogP contribution >= 0.6 is 0 Å². The monoisotopic (exact) mass is 289 g/mol. The highest BCUT2D eigenvalue weighted by atomic mass is 16.5. The summed E-state index contributed by atoms with van der Waals surface area (Å²) in [6.45, 7) is 0.673. The molecule has 7 nitrogen and oxygen atoms in total. The maximum Gasteiger partial charge on any atom is 0.230 e. The summed E-state index contributed by atoms with van der Waals surface area (Å²) in [6, 6.07) is 1.90. The van der Waals surface area contributed by atoms with Gasteiger partial charge in [0.15, 0.2) is 0 Å². The number of nitrogens with one attached hydrogen (secondary N) is 1. The van der Waals surface area contributed by atoms with Gasteiger partial charge in [-0.15, -0.1) is 0 Å². The predicted molar refractivity (Wildman–Crippen MR) is 76.5 cm³/mol. The fourth-order valence-corrected chi connectivity index (χ4v) is 2.73. The van der Waals surface area contributed by atoms with Gasteiger partial charge in [0.2, 0.25) is 5.91 Å². The number of rotatable bonds is 3. The molecule has 0 unspecified atom stereocenters. The van der Waals surface area contributed by atoms with Crippen LogP contribution in [0.1, 0.15) is 24.6 Å². The van der Waals surface area contributed by atoms with E-state index in [9.17, 15) is 4.79 Å². The second kappa shape index (κ2) is 5.69. The number of amides is 1. The number of carbonyl (C=O) groups excluding carboxylic acids is 1. The summed E-state index contributed by atoms with van der Waals surface area (Å²) in [5.41, 5.74) is 1.64. The molecule has 1 aliphatic heterocycles. The molecule has 1 amide bonds. The van der Waals surface area contributed by atoms with Gasteiger partial charge in [-0.25, -0.2) is 0 Å². The van der Waals surface area contributed by atoms with Gasteiger partial charge in [0, 0.05) is 33.1 Å². The fraction of sp³-hybridized carbons (Fsp3) is 0.500. The number of hydrogen-bond acceptors (Lipinski definition) is 4. The lowest BCUT2D eigenvalue weighted by atomic mass is 9.91. The molecule has 3 heterocycles. The number of hydrogen-bond donors (Lipinski definition) is 1. The fourth-order valence-electron chi connectivity index (χ4n) is 2.73. The van der Waals surface area contributed by atoms with E-state index in [-0.39, 0.29) is 17.9 Å². The van der Waals surface area contributed by atoms with Crippen LogP contribution in [0, 0.1) is 5.92 Å². The first-order valence-electron chi connectivity index (χ1n) is 7.04. The minimum absolute atomic E-state index is 0.0334. The molecule has 1 N–H and O–H groups in total. The largest absolute Gasteiger partial charge is 0.371 e. The zero-order chi connectivity index (χ0) is 14.8. The summed E-state index contributed by atoms with van der Waals surface area (Å²) < 4.78 is 9.26. The Labute approximate surface area is 122 Å². The summed E-state index contributed by atoms with van der Waals surface area (Å²) in [4.78, 5) is 12.5. The standard InChI is InChI=1S/C14H19N5O2/c1-18-9-10(8-16-18)17-14(20)11-4-3-7-21-13(11)12-5-6-15-19(12)2/h5-6,8-9,11,13H,3-4,7H2,1-2H3,(H,17,20)/t11-,13-/m1/s1. The van der Waals surface area contributed by atoms with Crippen LogP contribution in [0.3, 0.4) is 0 Å². The first kappa shape index (κ1) is 13.8. The molecule has 2 atom stereocenters. The third-order valence-corrected chi connectivity index (χ3v) is 3.78. The number of anilines is 1. The number of aromatic nitrogens is 4. The van der Waals surface area contributed by atoms with E-state index in [0.717, 1.165) is 18.5 Å². The van der Waals surface area contributed by atoms with Crippen LogP contribution in [-0.4, -0.2) is 32.1 Å². The second-order valence-electron chi connectivity index (χ2n) is 5.31. The van der Waals surface area contributed by atoms with Crippen LogP contribution in [0.25, 0.3) is 0 Å². The van der Waals surface area contributed by atoms with E-state index in [1.807, 2.05) is 20.2 Å². The number of ether oxygens (including phenoxy) is 1. The van der Waals surface area contributed by atoms with E-state index in [1.54, 1.807) is 28.0 Å². The molecule has 0 bridgehead atoms. The Kier molecular flexibility index (Phi) is 3.74. The minimum atomic E-state index is -0.247. The average Bonchev–Trinajstić information content (AvgIpc) is 3.07. The topological polar surface area (TPSA) is 74.0 Å². The van der Waals surface area contributed by atoms with Crippen molar-refractivity contribution in [1.82, 2.24) is 19.6 Å². The quantitative estimate of drug-likeness (QED) is 0.923. The highest BCUT2D eigenvalue weighted by Gasteiger charge is 2.34. The van der Waals surface area contributed by atoms with E-state index < -0.39 is 0 Å². The van der Waals surface area contributed by atoms with Gasteiger partial charge in [-0.05, 0) is 18.9 Å². The number of carbonyl (C=O) groups is 1. The molecule has 1 aliphatic rings. The molecule has 0 spiro atoms. The van der Waals surface area contributed by atoms with Crippen molar-refractivity contribution in [2.45, 2.75) is 18.9 Å². The summed E-state index contributed by atoms with van der Waals surface area (Å²) in [7, 11) is 3.68. The molecule has 0 aliphatic carbocycles. The Morgan fingerprint density at radius 1 is 1.43 bits per heavy atom. The van der Waals surface area contributed by atoms with Gasteiger partial charge in [-0.3, -0.25) is 14.2 Å². The van der Waals surface area contributed by atoms with Crippen LogP contribution < -0.4 is 5.32 Å². The molecule has 0 radical (unpaired) electrons. The smallest absolute Gasteiger partial charge is 0.230 e. The Hall–Kier alpha value is -2.15. The molecular formula is C14H19N5O2. The van der Waals surface area contributed by atoms with Gasteiger partial charge in [-0.1, -0.05) is 0 Å². The minimum Gasteiger partial charge on any atom is -0.371 e. The van der Waals surface area contributed by atoms with Crippen molar-refractivity contribution in [3.8, 4) is 0 Å². The molecule has 0 saturated carbocycles. The van der Waals surface area contributed by atoms with Crippen molar-refractivity contribution >= 4 is 11.6 Å². The molecule has 1 saturated heterocycles. The Bertz CT molecular complexity index is 633. The van der Waals surface area contributed by atoms with Gasteiger partial charge >= 0.3 is 0 Å². The third-order valence-electron chi connectivity index (χ3n) is 3.78. The van der Waals surface area contributed by atoms with Crippen molar-refractivity contribution in [2.75, 3.05) is 11.9 Å². The SMILES string of the molecule is Cn1cc(NC(=O)[C@@H]2CCCO[C@H]2c2ccnn2C)cn1. The first-order valence-corrected chi connectivity index (χ1v) is 7.04. The van der Waals surface area contributed by atoms with Crippen molar-refractivity contribution in [3.05, 3.63) is 30.4 Å². The van der Waals surface area contributed by atoms with Crippen LogP contribution in [-0.2, 0) is 23.6 Å². The lowest BCUT2D eigenvalue weighted by Crippen LogP contribution is -2.34. The van der Waals surface area contributed by atoms with Gasteiger partial charge in [-0.2, -0.15) is 10.2 Å². The molecule has 7 heteroatoms. The Morgan fingerprint density at radius 3 is 2.95 bits per heavy atom. The van der Waals surface area contributed by atoms with Crippen molar-refractivity contribution in [1.29, 1.82) is 0 Å². The van der Waals surface area contributed by atoms with Gasteiger partial charge in [0.25, 0.3) is 0 Å². The molecule has 2 aromatic rings. The van der Waals surface area contributed by atoms with Gasteiger partial charge < -0.3 is 10.1 Å². The second-order valence-corrected chi connectivity index (χ2v) is 5.31. The Balaban J connectivity index is 1.77. The van der Waals surface area contributed by atoms with Crippen molar-refractivity contribution < 1.29 is 9.53 Å². The Morgan fingerprint density at radius 2 is 2.29 bits per heavy atom. The number of nitrogens with zero attached hydrogens (tertiary/aromatic N) is 4. The van der Waals surface area contributed by atoms with Crippen molar-refractivity contribution in [3.63, 3.8) is 0 Å². The highest BCUT2D eigenvalue weighted by Crippen LogP contribution is 2.34. The first-order chi connectivity index (χ1) is 10.1. The highest BCUT2D eigenvalue weighted by molar-refractivity contribution is 5.92. The molecule has 112 valence electrons. The summed E-state index contributed by atoms with van der Waals surface area (Å²) in [6.07, 6.45) is 6.59. The van der Waals surface area contributed by atoms with Crippen LogP contribution in [0.5, 0.6) is 0 Å². The predicted octanol–water partition coefficient (Wildman–Crippen LogP) is 1.26. The molecule has 21 heavy (non-hydrogen) atoms. The molecule has 3 rings (SSSR count). The van der Waals surface area contributed by atoms with Gasteiger partial charge in [0.05, 0.1) is 23.5 Å². The van der Waals surface area contributed by atoms with Crippen molar-refractivity contribution in [2.24, 2.45) is 20.0 Å². The van der Waals surface area contributed by atoms with Crippen LogP contribution in [0.2, 0.25) is 0 Å². The summed E-state index contributed by atoms with van der Waals surface area (Å²) in [5.74, 6) is -0.247. The molecule has 0 aromatic carbocycles. The normalized spacial score (nSPS) is 22.2. The van der Waals surface area contributed by atoms with E-state index in [0.29, 0.717) is 12.3 Å². The maximum absolute atomic E-state index is 12.5. The summed E-state index contributed by atoms with van der Waals surface area (Å²) >= 11 is 0. The van der Waals surface area contributed by atoms with E-state index in [1.165, 1.54) is 0 Å². The maximum atomic E-state index is 12.5.